The quantitative estimate of drug-likeness (QED) is 0.646. The first-order chi connectivity index (χ1) is 14.5. The van der Waals surface area contributed by atoms with Crippen LogP contribution in [0.25, 0.3) is 0 Å². The third-order valence-corrected chi connectivity index (χ3v) is 4.68. The normalized spacial score (nSPS) is 15.8. The molecule has 0 aromatic heterocycles. The van der Waals surface area contributed by atoms with Crippen molar-refractivity contribution in [2.45, 2.75) is 32.9 Å². The van der Waals surface area contributed by atoms with E-state index in [4.69, 9.17) is 14.2 Å². The summed E-state index contributed by atoms with van der Waals surface area (Å²) in [5.74, 6) is 0.640. The van der Waals surface area contributed by atoms with Crippen molar-refractivity contribution in [3.05, 3.63) is 70.9 Å². The lowest BCUT2D eigenvalue weighted by molar-refractivity contribution is -0.140. The predicted octanol–water partition coefficient (Wildman–Crippen LogP) is 3.86. The minimum absolute atomic E-state index is 0.143. The Balaban J connectivity index is 1.88. The average Bonchev–Trinajstić information content (AvgIpc) is 2.76. The number of urea groups is 1. The molecule has 0 radical (unpaired) electrons. The van der Waals surface area contributed by atoms with Crippen LogP contribution in [0, 0.1) is 0 Å². The van der Waals surface area contributed by atoms with Gasteiger partial charge in [-0.15, -0.1) is 0 Å². The van der Waals surface area contributed by atoms with Gasteiger partial charge in [0.2, 0.25) is 0 Å². The second-order valence-electron chi connectivity index (χ2n) is 6.89. The SMILES string of the molecule is CCCOc1cc(C2NC(=O)NC(C)=C2C(=O)OCc2ccccc2)ccc1OC. The number of benzene rings is 2. The van der Waals surface area contributed by atoms with Crippen LogP contribution in [-0.2, 0) is 16.1 Å². The summed E-state index contributed by atoms with van der Waals surface area (Å²) in [4.78, 5) is 25.0. The summed E-state index contributed by atoms with van der Waals surface area (Å²) in [7, 11) is 1.57. The molecule has 0 bridgehead atoms. The molecule has 1 heterocycles. The first-order valence-electron chi connectivity index (χ1n) is 9.83. The lowest BCUT2D eigenvalue weighted by Gasteiger charge is -2.28. The van der Waals surface area contributed by atoms with Crippen molar-refractivity contribution in [1.82, 2.24) is 10.6 Å². The average molecular weight is 410 g/mol. The third kappa shape index (κ3) is 4.92. The van der Waals surface area contributed by atoms with E-state index in [0.717, 1.165) is 12.0 Å². The third-order valence-electron chi connectivity index (χ3n) is 4.68. The van der Waals surface area contributed by atoms with Crippen LogP contribution < -0.4 is 20.1 Å². The molecule has 0 saturated heterocycles. The maximum absolute atomic E-state index is 12.9. The number of esters is 1. The molecule has 1 atom stereocenters. The van der Waals surface area contributed by atoms with Gasteiger partial charge in [-0.3, -0.25) is 0 Å². The molecule has 0 spiro atoms. The molecular weight excluding hydrogens is 384 g/mol. The molecule has 7 heteroatoms. The molecule has 7 nitrogen and oxygen atoms in total. The molecule has 0 fully saturated rings. The molecule has 2 aromatic rings. The summed E-state index contributed by atoms with van der Waals surface area (Å²) >= 11 is 0. The Morgan fingerprint density at radius 1 is 1.10 bits per heavy atom. The van der Waals surface area contributed by atoms with Crippen molar-refractivity contribution >= 4 is 12.0 Å². The van der Waals surface area contributed by atoms with Crippen molar-refractivity contribution in [2.24, 2.45) is 0 Å². The number of nitrogens with one attached hydrogen (secondary N) is 2. The molecule has 0 saturated carbocycles. The van der Waals surface area contributed by atoms with Gasteiger partial charge >= 0.3 is 12.0 Å². The van der Waals surface area contributed by atoms with E-state index in [1.807, 2.05) is 37.3 Å². The van der Waals surface area contributed by atoms with Gasteiger partial charge in [-0.2, -0.15) is 0 Å². The Labute approximate surface area is 176 Å². The Morgan fingerprint density at radius 3 is 2.57 bits per heavy atom. The van der Waals surface area contributed by atoms with E-state index in [2.05, 4.69) is 10.6 Å². The largest absolute Gasteiger partial charge is 0.493 e. The summed E-state index contributed by atoms with van der Waals surface area (Å²) < 4.78 is 16.7. The summed E-state index contributed by atoms with van der Waals surface area (Å²) in [6.07, 6.45) is 0.841. The van der Waals surface area contributed by atoms with Crippen LogP contribution in [0.15, 0.2) is 59.8 Å². The second kappa shape index (κ2) is 9.82. The number of carbonyl (C=O) groups is 2. The van der Waals surface area contributed by atoms with Gasteiger partial charge in [-0.1, -0.05) is 43.3 Å². The molecule has 2 aromatic carbocycles. The molecule has 158 valence electrons. The molecule has 1 unspecified atom stereocenters. The Bertz CT molecular complexity index is 940. The highest BCUT2D eigenvalue weighted by Gasteiger charge is 2.32. The summed E-state index contributed by atoms with van der Waals surface area (Å²) in [6, 6.07) is 13.7. The summed E-state index contributed by atoms with van der Waals surface area (Å²) in [6.45, 7) is 4.36. The van der Waals surface area contributed by atoms with E-state index in [1.54, 1.807) is 32.2 Å². The van der Waals surface area contributed by atoms with E-state index in [1.165, 1.54) is 0 Å². The van der Waals surface area contributed by atoms with E-state index in [0.29, 0.717) is 34.9 Å². The van der Waals surface area contributed by atoms with Gasteiger partial charge in [0.05, 0.1) is 25.3 Å². The minimum atomic E-state index is -0.670. The lowest BCUT2D eigenvalue weighted by Crippen LogP contribution is -2.45. The van der Waals surface area contributed by atoms with Gasteiger partial charge in [-0.25, -0.2) is 9.59 Å². The van der Waals surface area contributed by atoms with E-state index in [9.17, 15) is 9.59 Å². The highest BCUT2D eigenvalue weighted by Crippen LogP contribution is 2.34. The van der Waals surface area contributed by atoms with Crippen LogP contribution in [0.1, 0.15) is 37.4 Å². The zero-order valence-corrected chi connectivity index (χ0v) is 17.4. The smallest absolute Gasteiger partial charge is 0.338 e. The zero-order valence-electron chi connectivity index (χ0n) is 17.4. The topological polar surface area (TPSA) is 85.9 Å². The van der Waals surface area contributed by atoms with Crippen LogP contribution in [0.3, 0.4) is 0 Å². The molecule has 1 aliphatic heterocycles. The summed E-state index contributed by atoms with van der Waals surface area (Å²) in [5.41, 5.74) is 2.38. The number of amides is 2. The predicted molar refractivity (Wildman–Crippen MR) is 112 cm³/mol. The van der Waals surface area contributed by atoms with E-state index >= 15 is 0 Å². The van der Waals surface area contributed by atoms with E-state index in [-0.39, 0.29) is 12.6 Å². The Morgan fingerprint density at radius 2 is 1.87 bits per heavy atom. The first-order valence-corrected chi connectivity index (χ1v) is 9.83. The number of methoxy groups -OCH3 is 1. The van der Waals surface area contributed by atoms with Gasteiger partial charge in [-0.05, 0) is 36.6 Å². The van der Waals surface area contributed by atoms with E-state index < -0.39 is 12.0 Å². The highest BCUT2D eigenvalue weighted by molar-refractivity contribution is 5.95. The number of hydrogen-bond acceptors (Lipinski definition) is 5. The standard InChI is InChI=1S/C23H26N2O5/c1-4-12-29-19-13-17(10-11-18(19)28-3)21-20(15(2)24-23(27)25-21)22(26)30-14-16-8-6-5-7-9-16/h5-11,13,21H,4,12,14H2,1-3H3,(H2,24,25,27). The molecule has 30 heavy (non-hydrogen) atoms. The summed E-state index contributed by atoms with van der Waals surface area (Å²) in [5, 5.41) is 5.46. The minimum Gasteiger partial charge on any atom is -0.493 e. The number of allylic oxidation sites excluding steroid dienone is 1. The number of ether oxygens (including phenoxy) is 3. The monoisotopic (exact) mass is 410 g/mol. The van der Waals surface area contributed by atoms with Gasteiger partial charge in [0.25, 0.3) is 0 Å². The van der Waals surface area contributed by atoms with Crippen molar-refractivity contribution in [3.8, 4) is 11.5 Å². The lowest BCUT2D eigenvalue weighted by atomic mass is 9.95. The first kappa shape index (κ1) is 21.2. The molecule has 2 N–H and O–H groups in total. The van der Waals surface area contributed by atoms with Crippen LogP contribution in [0.4, 0.5) is 4.79 Å². The van der Waals surface area contributed by atoms with Crippen LogP contribution in [0.5, 0.6) is 11.5 Å². The molecule has 1 aliphatic rings. The number of rotatable bonds is 8. The fourth-order valence-corrected chi connectivity index (χ4v) is 3.21. The van der Waals surface area contributed by atoms with Gasteiger partial charge in [0.1, 0.15) is 6.61 Å². The van der Waals surface area contributed by atoms with Crippen LogP contribution in [0.2, 0.25) is 0 Å². The molecule has 2 amide bonds. The second-order valence-corrected chi connectivity index (χ2v) is 6.89. The van der Waals surface area contributed by atoms with Crippen molar-refractivity contribution in [2.75, 3.05) is 13.7 Å². The van der Waals surface area contributed by atoms with Gasteiger partial charge in [0.15, 0.2) is 11.5 Å². The maximum Gasteiger partial charge on any atom is 0.338 e. The van der Waals surface area contributed by atoms with Crippen LogP contribution in [-0.4, -0.2) is 25.7 Å². The highest BCUT2D eigenvalue weighted by atomic mass is 16.5. The fourth-order valence-electron chi connectivity index (χ4n) is 3.21. The molecule has 3 rings (SSSR count). The van der Waals surface area contributed by atoms with Crippen molar-refractivity contribution in [1.29, 1.82) is 0 Å². The molecular formula is C23H26N2O5. The Kier molecular flexibility index (Phi) is 6.95. The van der Waals surface area contributed by atoms with Crippen molar-refractivity contribution < 1.29 is 23.8 Å². The van der Waals surface area contributed by atoms with Gasteiger partial charge < -0.3 is 24.8 Å². The fraction of sp³-hybridized carbons (Fsp3) is 0.304. The van der Waals surface area contributed by atoms with Crippen LogP contribution >= 0.6 is 0 Å². The molecule has 0 aliphatic carbocycles. The maximum atomic E-state index is 12.9. The van der Waals surface area contributed by atoms with Crippen molar-refractivity contribution in [3.63, 3.8) is 0 Å². The van der Waals surface area contributed by atoms with Gasteiger partial charge in [0, 0.05) is 5.70 Å². The Hall–Kier alpha value is -3.48. The zero-order chi connectivity index (χ0) is 21.5. The number of hydrogen-bond donors (Lipinski definition) is 2. The number of carbonyl (C=O) groups excluding carboxylic acids is 2.